The van der Waals surface area contributed by atoms with Crippen molar-refractivity contribution in [2.75, 3.05) is 0 Å². The lowest BCUT2D eigenvalue weighted by Crippen LogP contribution is -2.46. The topological polar surface area (TPSA) is 72.2 Å². The number of rotatable bonds is 6. The van der Waals surface area contributed by atoms with Gasteiger partial charge in [0.05, 0.1) is 6.42 Å². The fourth-order valence-electron chi connectivity index (χ4n) is 2.68. The van der Waals surface area contributed by atoms with E-state index in [2.05, 4.69) is 5.32 Å². The highest BCUT2D eigenvalue weighted by Crippen LogP contribution is 2.15. The summed E-state index contributed by atoms with van der Waals surface area (Å²) < 4.78 is 13.2. The second-order valence-corrected chi connectivity index (χ2v) is 5.90. The van der Waals surface area contributed by atoms with Crippen LogP contribution in [0.2, 0.25) is 0 Å². The number of nitrogens with one attached hydrogen (secondary N) is 1. The summed E-state index contributed by atoms with van der Waals surface area (Å²) in [6, 6.07) is 10.9. The third-order valence-corrected chi connectivity index (χ3v) is 3.99. The summed E-state index contributed by atoms with van der Waals surface area (Å²) in [5.74, 6) is -1.36. The van der Waals surface area contributed by atoms with E-state index in [1.54, 1.807) is 12.1 Å². The fraction of sp³-hybridized carbons (Fsp3) is 0.263. The third-order valence-electron chi connectivity index (χ3n) is 3.99. The lowest BCUT2D eigenvalue weighted by Gasteiger charge is -2.18. The molecule has 126 valence electrons. The molecule has 0 aliphatic heterocycles. The van der Waals surface area contributed by atoms with Crippen molar-refractivity contribution in [3.63, 3.8) is 0 Å². The zero-order valence-corrected chi connectivity index (χ0v) is 13.8. The minimum absolute atomic E-state index is 0.00566. The molecule has 5 heteroatoms. The van der Waals surface area contributed by atoms with Gasteiger partial charge in [0, 0.05) is 6.42 Å². The Morgan fingerprint density at radius 1 is 1.12 bits per heavy atom. The van der Waals surface area contributed by atoms with Crippen molar-refractivity contribution in [1.29, 1.82) is 0 Å². The van der Waals surface area contributed by atoms with Crippen molar-refractivity contribution in [2.45, 2.75) is 32.7 Å². The minimum atomic E-state index is -0.800. The van der Waals surface area contributed by atoms with Gasteiger partial charge in [0.2, 0.25) is 11.8 Å². The largest absolute Gasteiger partial charge is 0.368 e. The van der Waals surface area contributed by atoms with Crippen molar-refractivity contribution < 1.29 is 14.0 Å². The molecule has 0 saturated carbocycles. The molecule has 24 heavy (non-hydrogen) atoms. The first-order valence-electron chi connectivity index (χ1n) is 7.75. The molecular weight excluding hydrogens is 307 g/mol. The molecule has 3 N–H and O–H groups in total. The molecule has 2 aromatic carbocycles. The molecule has 0 aromatic heterocycles. The minimum Gasteiger partial charge on any atom is -0.368 e. The first-order chi connectivity index (χ1) is 11.4. The molecule has 0 heterocycles. The van der Waals surface area contributed by atoms with Crippen LogP contribution in [0.3, 0.4) is 0 Å². The Kier molecular flexibility index (Phi) is 5.68. The maximum atomic E-state index is 13.2. The number of halogens is 1. The van der Waals surface area contributed by atoms with E-state index < -0.39 is 17.8 Å². The van der Waals surface area contributed by atoms with Gasteiger partial charge in [-0.3, -0.25) is 9.59 Å². The molecule has 2 aromatic rings. The molecule has 2 rings (SSSR count). The molecule has 0 aliphatic rings. The van der Waals surface area contributed by atoms with E-state index in [0.717, 1.165) is 16.7 Å². The predicted octanol–water partition coefficient (Wildman–Crippen LogP) is 2.20. The maximum Gasteiger partial charge on any atom is 0.240 e. The molecule has 0 fully saturated rings. The van der Waals surface area contributed by atoms with Gasteiger partial charge in [-0.2, -0.15) is 0 Å². The van der Waals surface area contributed by atoms with Crippen LogP contribution in [0.15, 0.2) is 42.5 Å². The molecule has 0 saturated heterocycles. The number of amides is 2. The van der Waals surface area contributed by atoms with E-state index in [-0.39, 0.29) is 12.3 Å². The van der Waals surface area contributed by atoms with E-state index in [1.807, 2.05) is 32.0 Å². The average molecular weight is 328 g/mol. The maximum absolute atomic E-state index is 13.2. The highest BCUT2D eigenvalue weighted by molar-refractivity contribution is 5.87. The zero-order chi connectivity index (χ0) is 17.7. The summed E-state index contributed by atoms with van der Waals surface area (Å²) in [5.41, 5.74) is 9.06. The number of carbonyl (C=O) groups is 2. The van der Waals surface area contributed by atoms with Crippen LogP contribution in [0, 0.1) is 19.7 Å². The monoisotopic (exact) mass is 328 g/mol. The van der Waals surface area contributed by atoms with Gasteiger partial charge in [0.25, 0.3) is 0 Å². The number of carbonyl (C=O) groups excluding carboxylic acids is 2. The van der Waals surface area contributed by atoms with Crippen molar-refractivity contribution >= 4 is 11.8 Å². The molecular formula is C19H21FN2O2. The molecule has 0 unspecified atom stereocenters. The van der Waals surface area contributed by atoms with E-state index >= 15 is 0 Å². The van der Waals surface area contributed by atoms with Crippen molar-refractivity contribution in [1.82, 2.24) is 5.32 Å². The molecule has 0 radical (unpaired) electrons. The number of benzene rings is 2. The van der Waals surface area contributed by atoms with E-state index in [1.165, 1.54) is 12.1 Å². The summed E-state index contributed by atoms with van der Waals surface area (Å²) in [7, 11) is 0. The van der Waals surface area contributed by atoms with Crippen molar-refractivity contribution in [3.05, 3.63) is 70.5 Å². The summed E-state index contributed by atoms with van der Waals surface area (Å²) in [4.78, 5) is 23.9. The summed E-state index contributed by atoms with van der Waals surface area (Å²) in [6.45, 7) is 3.91. The Morgan fingerprint density at radius 2 is 1.75 bits per heavy atom. The molecule has 4 nitrogen and oxygen atoms in total. The number of aryl methyl sites for hydroxylation is 2. The summed E-state index contributed by atoms with van der Waals surface area (Å²) in [5, 5.41) is 2.65. The second kappa shape index (κ2) is 7.73. The van der Waals surface area contributed by atoms with E-state index in [9.17, 15) is 14.0 Å². The Bertz CT molecular complexity index is 739. The van der Waals surface area contributed by atoms with Gasteiger partial charge in [0.1, 0.15) is 11.9 Å². The quantitative estimate of drug-likeness (QED) is 0.853. The lowest BCUT2D eigenvalue weighted by atomic mass is 9.96. The Morgan fingerprint density at radius 3 is 2.33 bits per heavy atom. The zero-order valence-electron chi connectivity index (χ0n) is 13.8. The van der Waals surface area contributed by atoms with E-state index in [0.29, 0.717) is 12.0 Å². The van der Waals surface area contributed by atoms with Crippen LogP contribution in [0.1, 0.15) is 22.3 Å². The standard InChI is InChI=1S/C19H21FN2O2/c1-12-5-3-6-13(2)16(12)11-17(19(21)24)22-18(23)10-14-7-4-8-15(20)9-14/h3-9,17H,10-11H2,1-2H3,(H2,21,24)(H,22,23)/t17-/m1/s1. The molecule has 1 atom stereocenters. The van der Waals surface area contributed by atoms with Gasteiger partial charge in [-0.1, -0.05) is 30.3 Å². The number of hydrogen-bond acceptors (Lipinski definition) is 2. The van der Waals surface area contributed by atoms with Gasteiger partial charge in [-0.25, -0.2) is 4.39 Å². The normalized spacial score (nSPS) is 11.8. The summed E-state index contributed by atoms with van der Waals surface area (Å²) in [6.07, 6.45) is 0.330. The van der Waals surface area contributed by atoms with Crippen LogP contribution in [-0.2, 0) is 22.4 Å². The van der Waals surface area contributed by atoms with Crippen LogP contribution >= 0.6 is 0 Å². The lowest BCUT2D eigenvalue weighted by molar-refractivity contribution is -0.127. The molecule has 0 aliphatic carbocycles. The Balaban J connectivity index is 2.08. The van der Waals surface area contributed by atoms with E-state index in [4.69, 9.17) is 5.73 Å². The SMILES string of the molecule is Cc1cccc(C)c1C[C@@H](NC(=O)Cc1cccc(F)c1)C(N)=O. The Labute approximate surface area is 140 Å². The second-order valence-electron chi connectivity index (χ2n) is 5.90. The Hall–Kier alpha value is -2.69. The highest BCUT2D eigenvalue weighted by Gasteiger charge is 2.20. The first-order valence-corrected chi connectivity index (χ1v) is 7.75. The van der Waals surface area contributed by atoms with Crippen molar-refractivity contribution in [2.24, 2.45) is 5.73 Å². The average Bonchev–Trinajstić information content (AvgIpc) is 2.49. The van der Waals surface area contributed by atoms with Crippen LogP contribution in [-0.4, -0.2) is 17.9 Å². The molecule has 0 bridgehead atoms. The molecule has 2 amide bonds. The number of primary amides is 1. The number of hydrogen-bond donors (Lipinski definition) is 2. The smallest absolute Gasteiger partial charge is 0.240 e. The fourth-order valence-corrected chi connectivity index (χ4v) is 2.68. The van der Waals surface area contributed by atoms with Gasteiger partial charge in [-0.05, 0) is 48.2 Å². The van der Waals surface area contributed by atoms with Gasteiger partial charge in [0.15, 0.2) is 0 Å². The van der Waals surface area contributed by atoms with Crippen LogP contribution in [0.4, 0.5) is 4.39 Å². The number of nitrogens with two attached hydrogens (primary N) is 1. The van der Waals surface area contributed by atoms with Gasteiger partial charge < -0.3 is 11.1 Å². The highest BCUT2D eigenvalue weighted by atomic mass is 19.1. The summed E-state index contributed by atoms with van der Waals surface area (Å²) >= 11 is 0. The predicted molar refractivity (Wildman–Crippen MR) is 90.8 cm³/mol. The molecule has 0 spiro atoms. The first kappa shape index (κ1) is 17.7. The third kappa shape index (κ3) is 4.65. The van der Waals surface area contributed by atoms with Crippen LogP contribution in [0.5, 0.6) is 0 Å². The van der Waals surface area contributed by atoms with Gasteiger partial charge >= 0.3 is 0 Å². The van der Waals surface area contributed by atoms with Crippen LogP contribution < -0.4 is 11.1 Å². The van der Waals surface area contributed by atoms with Gasteiger partial charge in [-0.15, -0.1) is 0 Å². The van der Waals surface area contributed by atoms with Crippen molar-refractivity contribution in [3.8, 4) is 0 Å². The van der Waals surface area contributed by atoms with Crippen LogP contribution in [0.25, 0.3) is 0 Å².